The van der Waals surface area contributed by atoms with Crippen LogP contribution in [0.1, 0.15) is 12.8 Å². The van der Waals surface area contributed by atoms with Crippen LogP contribution < -0.4 is 5.73 Å². The van der Waals surface area contributed by atoms with Gasteiger partial charge < -0.3 is 20.9 Å². The minimum Gasteiger partial charge on any atom is -0.408 e. The van der Waals surface area contributed by atoms with Gasteiger partial charge in [-0.25, -0.2) is 0 Å². The van der Waals surface area contributed by atoms with E-state index in [4.69, 9.17) is 16.0 Å². The number of nitrogens with zero attached hydrogens (tertiary/aromatic N) is 2. The van der Waals surface area contributed by atoms with Crippen LogP contribution in [0.5, 0.6) is 0 Å². The van der Waals surface area contributed by atoms with Gasteiger partial charge in [0.25, 0.3) is 0 Å². The molecular formula is C7H15N3O2. The number of guanidine groups is 1. The van der Waals surface area contributed by atoms with Crippen molar-refractivity contribution in [2.24, 2.45) is 16.8 Å². The van der Waals surface area contributed by atoms with Gasteiger partial charge in [-0.3, -0.25) is 0 Å². The predicted molar refractivity (Wildman–Crippen MR) is 44.8 cm³/mol. The maximum atomic E-state index is 8.68. The molecule has 1 atom stereocenters. The van der Waals surface area contributed by atoms with Crippen LogP contribution in [0.4, 0.5) is 0 Å². The van der Waals surface area contributed by atoms with Crippen LogP contribution >= 0.6 is 0 Å². The summed E-state index contributed by atoms with van der Waals surface area (Å²) in [6.07, 6.45) is 1.81. The molecule has 1 fully saturated rings. The highest BCUT2D eigenvalue weighted by Crippen LogP contribution is 2.18. The molecule has 0 bridgehead atoms. The molecule has 0 radical (unpaired) electrons. The predicted octanol–water partition coefficient (Wildman–Crippen LogP) is -0.605. The lowest BCUT2D eigenvalue weighted by molar-refractivity contribution is 0.258. The monoisotopic (exact) mass is 173 g/mol. The van der Waals surface area contributed by atoms with Crippen LogP contribution in [0.3, 0.4) is 0 Å². The van der Waals surface area contributed by atoms with E-state index in [1.165, 1.54) is 0 Å². The van der Waals surface area contributed by atoms with Crippen molar-refractivity contribution in [2.45, 2.75) is 12.8 Å². The number of hydrogen-bond donors (Lipinski definition) is 3. The van der Waals surface area contributed by atoms with E-state index in [0.29, 0.717) is 5.92 Å². The third kappa shape index (κ3) is 2.01. The second-order valence-corrected chi connectivity index (χ2v) is 3.07. The summed E-state index contributed by atoms with van der Waals surface area (Å²) in [4.78, 5) is 1.82. The van der Waals surface area contributed by atoms with Gasteiger partial charge >= 0.3 is 0 Å². The fourth-order valence-corrected chi connectivity index (χ4v) is 1.52. The largest absolute Gasteiger partial charge is 0.408 e. The van der Waals surface area contributed by atoms with Gasteiger partial charge in [-0.1, -0.05) is 5.16 Å². The summed E-state index contributed by atoms with van der Waals surface area (Å²) < 4.78 is 0. The van der Waals surface area contributed by atoms with E-state index in [9.17, 15) is 0 Å². The van der Waals surface area contributed by atoms with Gasteiger partial charge in [0.1, 0.15) is 0 Å². The van der Waals surface area contributed by atoms with E-state index >= 15 is 0 Å². The molecule has 70 valence electrons. The second-order valence-electron chi connectivity index (χ2n) is 3.07. The summed E-state index contributed by atoms with van der Waals surface area (Å²) in [6.45, 7) is 1.83. The molecule has 0 aromatic rings. The summed E-state index contributed by atoms with van der Waals surface area (Å²) in [5.41, 5.74) is 5.40. The number of rotatable bonds is 2. The Morgan fingerprint density at radius 2 is 2.42 bits per heavy atom. The minimum absolute atomic E-state index is 0.176. The van der Waals surface area contributed by atoms with E-state index in [1.54, 1.807) is 0 Å². The van der Waals surface area contributed by atoms with Gasteiger partial charge in [-0.15, -0.1) is 0 Å². The van der Waals surface area contributed by atoms with Gasteiger partial charge in [-0.05, 0) is 18.8 Å². The lowest BCUT2D eigenvalue weighted by Crippen LogP contribution is -2.35. The van der Waals surface area contributed by atoms with Crippen molar-refractivity contribution in [1.82, 2.24) is 4.90 Å². The van der Waals surface area contributed by atoms with Crippen molar-refractivity contribution in [2.75, 3.05) is 19.7 Å². The average Bonchev–Trinajstić information content (AvgIpc) is 2.52. The Morgan fingerprint density at radius 3 is 3.00 bits per heavy atom. The Morgan fingerprint density at radius 1 is 1.67 bits per heavy atom. The first-order chi connectivity index (χ1) is 5.77. The van der Waals surface area contributed by atoms with Crippen molar-refractivity contribution in [3.8, 4) is 0 Å². The number of hydrogen-bond acceptors (Lipinski definition) is 3. The molecule has 1 unspecified atom stereocenters. The third-order valence-electron chi connectivity index (χ3n) is 2.25. The number of aliphatic hydroxyl groups is 1. The first-order valence-electron chi connectivity index (χ1n) is 4.11. The third-order valence-corrected chi connectivity index (χ3v) is 2.25. The molecule has 5 nitrogen and oxygen atoms in total. The fraction of sp³-hybridized carbons (Fsp3) is 0.857. The Bertz CT molecular complexity index is 172. The minimum atomic E-state index is 0.176. The standard InChI is InChI=1S/C7H15N3O2/c8-7(9-12)10-3-1-6(5-10)2-4-11/h6,11-12H,1-5H2,(H2,8,9). The zero-order chi connectivity index (χ0) is 8.97. The Kier molecular flexibility index (Phi) is 3.16. The number of likely N-dealkylation sites (tertiary alicyclic amines) is 1. The van der Waals surface area contributed by atoms with Gasteiger partial charge in [-0.2, -0.15) is 0 Å². The van der Waals surface area contributed by atoms with Gasteiger partial charge in [0.15, 0.2) is 0 Å². The molecule has 1 aliphatic rings. The summed E-state index contributed by atoms with van der Waals surface area (Å²) in [7, 11) is 0. The topological polar surface area (TPSA) is 82.1 Å². The van der Waals surface area contributed by atoms with Crippen molar-refractivity contribution in [3.05, 3.63) is 0 Å². The number of nitrogens with two attached hydrogens (primary N) is 1. The van der Waals surface area contributed by atoms with Crippen LogP contribution in [-0.2, 0) is 0 Å². The SMILES string of the molecule is NC(=NO)N1CCC(CCO)C1. The van der Waals surface area contributed by atoms with Crippen LogP contribution in [0.25, 0.3) is 0 Å². The van der Waals surface area contributed by atoms with Crippen LogP contribution in [0.15, 0.2) is 5.16 Å². The van der Waals surface area contributed by atoms with E-state index < -0.39 is 0 Å². The lowest BCUT2D eigenvalue weighted by atomic mass is 10.1. The molecule has 1 rings (SSSR count). The summed E-state index contributed by atoms with van der Waals surface area (Å²) in [6, 6.07) is 0. The molecule has 5 heteroatoms. The molecule has 1 heterocycles. The molecule has 12 heavy (non-hydrogen) atoms. The molecule has 0 amide bonds. The fourth-order valence-electron chi connectivity index (χ4n) is 1.52. The average molecular weight is 173 g/mol. The summed E-state index contributed by atoms with van der Waals surface area (Å²) in [5, 5.41) is 20.0. The number of oxime groups is 1. The van der Waals surface area contributed by atoms with E-state index in [-0.39, 0.29) is 12.6 Å². The Labute approximate surface area is 71.5 Å². The van der Waals surface area contributed by atoms with Crippen molar-refractivity contribution in [3.63, 3.8) is 0 Å². The van der Waals surface area contributed by atoms with E-state index in [1.807, 2.05) is 4.90 Å². The van der Waals surface area contributed by atoms with Gasteiger partial charge in [0.2, 0.25) is 5.96 Å². The molecule has 1 saturated heterocycles. The maximum absolute atomic E-state index is 8.68. The molecule has 0 aromatic heterocycles. The van der Waals surface area contributed by atoms with Gasteiger partial charge in [0, 0.05) is 19.7 Å². The molecule has 1 aliphatic heterocycles. The van der Waals surface area contributed by atoms with E-state index in [2.05, 4.69) is 5.16 Å². The van der Waals surface area contributed by atoms with Crippen molar-refractivity contribution >= 4 is 5.96 Å². The molecule has 0 saturated carbocycles. The summed E-state index contributed by atoms with van der Waals surface area (Å²) >= 11 is 0. The molecule has 4 N–H and O–H groups in total. The number of aliphatic hydroxyl groups excluding tert-OH is 1. The van der Waals surface area contributed by atoms with Crippen LogP contribution in [-0.4, -0.2) is 40.9 Å². The van der Waals surface area contributed by atoms with Crippen LogP contribution in [0, 0.1) is 5.92 Å². The van der Waals surface area contributed by atoms with Crippen molar-refractivity contribution in [1.29, 1.82) is 0 Å². The van der Waals surface area contributed by atoms with Crippen molar-refractivity contribution < 1.29 is 10.3 Å². The quantitative estimate of drug-likeness (QED) is 0.225. The first-order valence-corrected chi connectivity index (χ1v) is 4.11. The highest BCUT2D eigenvalue weighted by atomic mass is 16.4. The highest BCUT2D eigenvalue weighted by Gasteiger charge is 2.23. The Hall–Kier alpha value is -0.970. The van der Waals surface area contributed by atoms with Crippen LogP contribution in [0.2, 0.25) is 0 Å². The summed E-state index contributed by atoms with van der Waals surface area (Å²) in [5.74, 6) is 0.658. The van der Waals surface area contributed by atoms with Gasteiger partial charge in [0.05, 0.1) is 0 Å². The second kappa shape index (κ2) is 4.15. The molecule has 0 aromatic carbocycles. The Balaban J connectivity index is 2.35. The zero-order valence-electron chi connectivity index (χ0n) is 6.98. The van der Waals surface area contributed by atoms with E-state index in [0.717, 1.165) is 25.9 Å². The highest BCUT2D eigenvalue weighted by molar-refractivity contribution is 5.77. The molecule has 0 spiro atoms. The lowest BCUT2D eigenvalue weighted by Gasteiger charge is -2.15. The zero-order valence-corrected chi connectivity index (χ0v) is 6.98. The first kappa shape index (κ1) is 9.12. The normalized spacial score (nSPS) is 24.9. The smallest absolute Gasteiger partial charge is 0.233 e. The molecule has 0 aliphatic carbocycles. The molecular weight excluding hydrogens is 158 g/mol. The maximum Gasteiger partial charge on any atom is 0.233 e.